The molecule has 0 amide bonds. The Morgan fingerprint density at radius 3 is 1.31 bits per heavy atom. The lowest BCUT2D eigenvalue weighted by Crippen LogP contribution is -1.81. The number of aromatic nitrogens is 32. The number of fused-ring (bicyclic) bond motifs is 12. The van der Waals surface area contributed by atoms with E-state index in [-0.39, 0.29) is 0 Å². The van der Waals surface area contributed by atoms with Crippen molar-refractivity contribution in [2.45, 2.75) is 0 Å². The molecule has 5 N–H and O–H groups in total. The maximum Gasteiger partial charge on any atom is 0.180 e. The number of nitrogens with zero attached hydrogens (tertiary/aromatic N) is 27. The van der Waals surface area contributed by atoms with Crippen LogP contribution >= 0.6 is 11.3 Å². The fourth-order valence-electron chi connectivity index (χ4n) is 11.8. The van der Waals surface area contributed by atoms with Crippen molar-refractivity contribution in [3.63, 3.8) is 0 Å². The number of H-pyrrole nitrogens is 5. The van der Waals surface area contributed by atoms with Crippen LogP contribution in [0.5, 0.6) is 0 Å². The van der Waals surface area contributed by atoms with Crippen molar-refractivity contribution in [3.05, 3.63) is 533 Å². The van der Waals surface area contributed by atoms with Gasteiger partial charge in [0, 0.05) is 148 Å². The van der Waals surface area contributed by atoms with Crippen molar-refractivity contribution in [2.75, 3.05) is 0 Å². The van der Waals surface area contributed by atoms with Crippen LogP contribution in [0.4, 0.5) is 0 Å². The summed E-state index contributed by atoms with van der Waals surface area (Å²) in [5.41, 5.74) is 11.2. The maximum absolute atomic E-state index is 5.65. The number of imidazole rings is 2. The van der Waals surface area contributed by atoms with Gasteiger partial charge in [-0.1, -0.05) is 182 Å². The van der Waals surface area contributed by atoms with Gasteiger partial charge in [0.2, 0.25) is 0 Å². The molecule has 34 nitrogen and oxygen atoms in total. The molecule has 0 saturated heterocycles. The Labute approximate surface area is 822 Å². The molecular formula is C108H92N32O2S. The summed E-state index contributed by atoms with van der Waals surface area (Å²) in [4.78, 5) is 64.8. The van der Waals surface area contributed by atoms with Gasteiger partial charge >= 0.3 is 0 Å². The van der Waals surface area contributed by atoms with Crippen LogP contribution in [0.3, 0.4) is 0 Å². The third kappa shape index (κ3) is 38.7. The molecule has 35 heteroatoms. The second-order valence-corrected chi connectivity index (χ2v) is 28.7. The summed E-state index contributed by atoms with van der Waals surface area (Å²) in [6, 6.07) is 106. The van der Waals surface area contributed by atoms with E-state index in [1.807, 2.05) is 256 Å². The predicted octanol–water partition coefficient (Wildman–Crippen LogP) is 22.3. The molecule has 29 rings (SSSR count). The zero-order chi connectivity index (χ0) is 98.3. The smallest absolute Gasteiger partial charge is 0.180 e. The van der Waals surface area contributed by atoms with Crippen molar-refractivity contribution >= 4 is 126 Å². The number of aromatic amines is 5. The second-order valence-electron chi connectivity index (χ2n) is 27.8. The summed E-state index contributed by atoms with van der Waals surface area (Å²) < 4.78 is 14.2. The van der Waals surface area contributed by atoms with E-state index in [1.54, 1.807) is 129 Å². The highest BCUT2D eigenvalue weighted by Crippen LogP contribution is 2.28. The van der Waals surface area contributed by atoms with E-state index in [0.717, 1.165) is 55.1 Å². The number of thiophene rings is 1. The van der Waals surface area contributed by atoms with Gasteiger partial charge in [-0.3, -0.25) is 25.0 Å². The SMILES string of the molecule is c1ccc2[nH]ccc2c1.c1ccc2[nH]cnc2c1.c1ccc2[nH]ncc2c1.c1ccc2c(c1)oc1ccccc12.c1ccc2c[nH]cc2c1.c1ccc2ncccc2c1.c1ccc2occc2c1.c1ccc2sccc2c1.c1ccn2cccc2c1.c1ccncc1.c1ccnnc1.c1cnccn1.c1cncnc1.c1cnncn1.c1cnnnc1.c1ncc2[nH]cnc2n1.c1ncncn1.c1nncnn1. The molecule has 143 heavy (non-hydrogen) atoms. The van der Waals surface area contributed by atoms with Gasteiger partial charge in [-0.2, -0.15) is 20.4 Å². The molecule has 0 aliphatic heterocycles. The molecule has 0 radical (unpaired) electrons. The molecule has 0 aliphatic carbocycles. The minimum absolute atomic E-state index is 0.713. The number of pyridine rings is 3. The van der Waals surface area contributed by atoms with Crippen LogP contribution in [0.25, 0.3) is 114 Å². The summed E-state index contributed by atoms with van der Waals surface area (Å²) in [7, 11) is 0. The highest BCUT2D eigenvalue weighted by atomic mass is 32.1. The third-order valence-corrected chi connectivity index (χ3v) is 19.1. The van der Waals surface area contributed by atoms with E-state index in [4.69, 9.17) is 8.83 Å². The predicted molar refractivity (Wildman–Crippen MR) is 559 cm³/mol. The zero-order valence-electron chi connectivity index (χ0n) is 76.5. The molecule has 0 fully saturated rings. The summed E-state index contributed by atoms with van der Waals surface area (Å²) in [5.74, 6) is 0. The number of hydrogen-bond donors (Lipinski definition) is 5. The largest absolute Gasteiger partial charge is 0.464 e. The van der Waals surface area contributed by atoms with Gasteiger partial charge in [-0.05, 0) is 172 Å². The van der Waals surface area contributed by atoms with Gasteiger partial charge < -0.3 is 33.2 Å². The van der Waals surface area contributed by atoms with Gasteiger partial charge in [0.05, 0.1) is 72.0 Å². The van der Waals surface area contributed by atoms with Crippen molar-refractivity contribution in [1.82, 2.24) is 161 Å². The Balaban J connectivity index is 0.000000136. The first-order valence-electron chi connectivity index (χ1n) is 43.7. The number of rotatable bonds is 0. The molecule has 0 unspecified atom stereocenters. The summed E-state index contributed by atoms with van der Waals surface area (Å²) in [6.45, 7) is 0. The maximum atomic E-state index is 5.65. The fourth-order valence-corrected chi connectivity index (χ4v) is 12.6. The van der Waals surface area contributed by atoms with E-state index in [0.29, 0.717) is 5.65 Å². The van der Waals surface area contributed by atoms with Crippen LogP contribution in [0.2, 0.25) is 0 Å². The van der Waals surface area contributed by atoms with E-state index in [1.165, 1.54) is 110 Å². The molecule has 702 valence electrons. The first-order chi connectivity index (χ1) is 71.1. The monoisotopic (exact) mass is 1900 g/mol. The van der Waals surface area contributed by atoms with Gasteiger partial charge in [0.25, 0.3) is 0 Å². The Bertz CT molecular complexity index is 6390. The number of nitrogens with one attached hydrogen (secondary N) is 5. The van der Waals surface area contributed by atoms with Gasteiger partial charge in [-0.15, -0.1) is 47.0 Å². The van der Waals surface area contributed by atoms with E-state index in [2.05, 4.69) is 263 Å². The lowest BCUT2D eigenvalue weighted by molar-refractivity contribution is 0.616. The average molecular weight is 1900 g/mol. The third-order valence-electron chi connectivity index (χ3n) is 18.2. The molecule has 20 aromatic heterocycles. The van der Waals surface area contributed by atoms with Crippen LogP contribution in [-0.4, -0.2) is 161 Å². The van der Waals surface area contributed by atoms with Crippen molar-refractivity contribution in [3.8, 4) is 0 Å². The highest BCUT2D eigenvalue weighted by molar-refractivity contribution is 7.17. The summed E-state index contributed by atoms with van der Waals surface area (Å²) in [6.07, 6.45) is 54.5. The molecule has 0 atom stereocenters. The molecule has 0 spiro atoms. The van der Waals surface area contributed by atoms with Gasteiger partial charge in [0.1, 0.15) is 60.2 Å². The quantitative estimate of drug-likeness (QED) is 0.0941. The van der Waals surface area contributed by atoms with Crippen LogP contribution < -0.4 is 0 Å². The van der Waals surface area contributed by atoms with Crippen LogP contribution in [0.15, 0.2) is 542 Å². The molecule has 0 saturated carbocycles. The van der Waals surface area contributed by atoms with Crippen molar-refractivity contribution in [1.29, 1.82) is 0 Å². The average Bonchev–Trinajstić information content (AvgIpc) is 1.65. The summed E-state index contributed by atoms with van der Waals surface area (Å²) in [5, 5.41) is 57.5. The van der Waals surface area contributed by atoms with Crippen LogP contribution in [-0.2, 0) is 0 Å². The van der Waals surface area contributed by atoms with Crippen LogP contribution in [0, 0.1) is 0 Å². The lowest BCUT2D eigenvalue weighted by Gasteiger charge is -1.91. The first-order valence-corrected chi connectivity index (χ1v) is 44.5. The molecule has 9 aromatic carbocycles. The van der Waals surface area contributed by atoms with Crippen molar-refractivity contribution < 1.29 is 8.83 Å². The standard InChI is InChI=1S/C12H8O.C9H7N.3C8H7N.C8H6O.C8H6S.2C7H6N2.C5H4N4.C5H5N.3C4H4N2.3C3H3N3.C2H2N4/c1-3-7-11-9(5-1)10-6-2-4-8-12(10)13-11;1-2-6-9-8(4-1)5-3-7-10-9;1-2-6-9-7-3-5-8(9)4-1;1-2-4-8-6-9-5-7(8)3-1;3*1-2-4-8-7(3-1)5-6-9-8;1-2-4-7-6(3-1)8-5-9-7;1-2-4-7-6(3-1)5-8-9-7;1-4-5(8-2-6-1)9-3-7-4;1-2-4-6-5-3-1;1-2-6-4-3-5-1;1-2-5-4-6-3-1;1-2-4-6-5-3-1;1-4-2-6-3-5-1;1-2-5-6-3-4-1;1-2-4-6-5-3-1;1-3-5-2-6-4-1/h1-8H;1-7H;1-7H;2*1-6,9H;2*1-6H;2*1-5H,(H,8,9);1-3H,(H,6,7,8,9);1-5H;3*1-4H;3*1-3H;1-2H. The van der Waals surface area contributed by atoms with E-state index in [9.17, 15) is 0 Å². The molecule has 0 bridgehead atoms. The minimum Gasteiger partial charge on any atom is -0.464 e. The number of furan rings is 2. The number of para-hydroxylation sites is 8. The Hall–Kier alpha value is -20.6. The van der Waals surface area contributed by atoms with E-state index < -0.39 is 0 Å². The normalized spacial score (nSPS) is 9.54. The summed E-state index contributed by atoms with van der Waals surface area (Å²) >= 11 is 1.79. The minimum atomic E-state index is 0.713. The Morgan fingerprint density at radius 2 is 0.776 bits per heavy atom. The van der Waals surface area contributed by atoms with Crippen molar-refractivity contribution in [2.24, 2.45) is 0 Å². The lowest BCUT2D eigenvalue weighted by atomic mass is 10.2. The topological polar surface area (TPSA) is 445 Å². The Kier molecular flexibility index (Phi) is 45.0. The highest BCUT2D eigenvalue weighted by Gasteiger charge is 2.04. The second kappa shape index (κ2) is 63.5. The molecule has 20 heterocycles. The van der Waals surface area contributed by atoms with Gasteiger partial charge in [-0.25, -0.2) is 49.8 Å². The first kappa shape index (κ1) is 101. The Morgan fingerprint density at radius 1 is 0.266 bits per heavy atom. The number of benzene rings is 9. The van der Waals surface area contributed by atoms with Crippen LogP contribution in [0.1, 0.15) is 0 Å². The number of hydrogen-bond acceptors (Lipinski definition) is 29. The van der Waals surface area contributed by atoms with E-state index >= 15 is 0 Å². The fraction of sp³-hybridized carbons (Fsp3) is 0. The molecule has 0 aliphatic rings. The molecular weight excluding hydrogens is 1810 g/mol. The van der Waals surface area contributed by atoms with Gasteiger partial charge in [0.15, 0.2) is 18.3 Å². The molecule has 29 aromatic rings. The zero-order valence-corrected chi connectivity index (χ0v) is 77.3.